The third-order valence-electron chi connectivity index (χ3n) is 2.67. The highest BCUT2D eigenvalue weighted by atomic mass is 16.6. The second-order valence-corrected chi connectivity index (χ2v) is 5.39. The fourth-order valence-electron chi connectivity index (χ4n) is 1.59. The Balaban J connectivity index is 3.62. The van der Waals surface area contributed by atoms with E-state index in [4.69, 9.17) is 4.74 Å². The Morgan fingerprint density at radius 2 is 2.00 bits per heavy atom. The number of hydrogen-bond acceptors (Lipinski definition) is 8. The second-order valence-electron chi connectivity index (χ2n) is 5.39. The molecule has 0 bridgehead atoms. The molecule has 11 nitrogen and oxygen atoms in total. The number of carbonyl (C=O) groups excluding carboxylic acids is 1. The number of carbonyl (C=O) groups is 1. The first kappa shape index (κ1) is 19.8. The van der Waals surface area contributed by atoms with E-state index < -0.39 is 28.9 Å². The minimum absolute atomic E-state index is 0.121. The van der Waals surface area contributed by atoms with Crippen molar-refractivity contribution in [2.45, 2.75) is 13.7 Å². The fourth-order valence-corrected chi connectivity index (χ4v) is 1.59. The van der Waals surface area contributed by atoms with Crippen molar-refractivity contribution in [3.63, 3.8) is 0 Å². The average molecular weight is 352 g/mol. The van der Waals surface area contributed by atoms with Crippen LogP contribution >= 0.6 is 0 Å². The first-order valence-corrected chi connectivity index (χ1v) is 7.11. The zero-order valence-corrected chi connectivity index (χ0v) is 14.7. The van der Waals surface area contributed by atoms with Gasteiger partial charge in [-0.15, -0.1) is 0 Å². The highest BCUT2D eigenvalue weighted by molar-refractivity contribution is 5.66. The molecule has 0 spiro atoms. The number of nitro groups is 1. The van der Waals surface area contributed by atoms with Crippen LogP contribution in [-0.4, -0.2) is 64.8 Å². The largest absolute Gasteiger partial charge is 0.444 e. The Bertz CT molecular complexity index is 766. The van der Waals surface area contributed by atoms with Crippen molar-refractivity contribution in [2.75, 3.05) is 28.2 Å². The molecule has 0 fully saturated rings. The van der Waals surface area contributed by atoms with Crippen molar-refractivity contribution in [3.05, 3.63) is 32.4 Å². The van der Waals surface area contributed by atoms with Crippen molar-refractivity contribution in [2.24, 2.45) is 4.99 Å². The van der Waals surface area contributed by atoms with Crippen LogP contribution in [0.15, 0.2) is 16.0 Å². The summed E-state index contributed by atoms with van der Waals surface area (Å²) in [6.07, 6.45) is 4.23. The van der Waals surface area contributed by atoms with Gasteiger partial charge >= 0.3 is 17.2 Å². The van der Waals surface area contributed by atoms with Gasteiger partial charge in [-0.05, 0) is 6.08 Å². The molecule has 1 heterocycles. The molecule has 11 heteroatoms. The smallest absolute Gasteiger partial charge is 0.359 e. The molecule has 0 saturated heterocycles. The quantitative estimate of drug-likeness (QED) is 0.227. The number of aromatic nitrogens is 2. The summed E-state index contributed by atoms with van der Waals surface area (Å²) in [5.41, 5.74) is -1.84. The highest BCUT2D eigenvalue weighted by Gasteiger charge is 2.24. The minimum atomic E-state index is -0.967. The lowest BCUT2D eigenvalue weighted by molar-refractivity contribution is -0.387. The molecule has 25 heavy (non-hydrogen) atoms. The topological polar surface area (TPSA) is 123 Å². The van der Waals surface area contributed by atoms with Gasteiger partial charge in [0, 0.05) is 41.3 Å². The van der Waals surface area contributed by atoms with E-state index in [2.05, 4.69) is 9.98 Å². The molecule has 136 valence electrons. The number of esters is 1. The Hall–Kier alpha value is -3.24. The Kier molecular flexibility index (Phi) is 6.79. The average Bonchev–Trinajstić information content (AvgIpc) is 2.48. The summed E-state index contributed by atoms with van der Waals surface area (Å²) in [7, 11) is 6.84. The number of aliphatic imine (C=N–C) groups is 1. The van der Waals surface area contributed by atoms with Gasteiger partial charge in [0.1, 0.15) is 0 Å². The maximum atomic E-state index is 12.5. The molecular formula is C14H20N6O5. The van der Waals surface area contributed by atoms with Gasteiger partial charge in [-0.25, -0.2) is 14.5 Å². The van der Waals surface area contributed by atoms with Crippen LogP contribution in [0.3, 0.4) is 0 Å². The fraction of sp³-hybridized carbons (Fsp3) is 0.429. The van der Waals surface area contributed by atoms with Gasteiger partial charge in [0.05, 0.1) is 11.3 Å². The summed E-state index contributed by atoms with van der Waals surface area (Å²) in [5, 5.41) is 11.3. The summed E-state index contributed by atoms with van der Waals surface area (Å²) in [5.74, 6) is -0.766. The van der Waals surface area contributed by atoms with Crippen LogP contribution in [0, 0.1) is 10.1 Å². The molecule has 1 rings (SSSR count). The molecule has 0 unspecified atom stereocenters. The molecule has 0 aliphatic rings. The number of rotatable bonds is 7. The lowest BCUT2D eigenvalue weighted by atomic mass is 10.3. The van der Waals surface area contributed by atoms with Crippen molar-refractivity contribution in [3.8, 4) is 0 Å². The number of ether oxygens (including phenoxy) is 1. The highest BCUT2D eigenvalue weighted by Crippen LogP contribution is 2.18. The minimum Gasteiger partial charge on any atom is -0.444 e. The monoisotopic (exact) mass is 352 g/mol. The SMILES string of the molecule is CC(=O)OCn1c(N=CN(C)C)nc(/C=C/N(C)C)c([N+](=O)[O-])c1=O. The molecular weight excluding hydrogens is 332 g/mol. The van der Waals surface area contributed by atoms with Gasteiger partial charge in [0.2, 0.25) is 5.95 Å². The summed E-state index contributed by atoms with van der Waals surface area (Å²) in [4.78, 5) is 45.3. The van der Waals surface area contributed by atoms with Gasteiger partial charge in [-0.1, -0.05) is 0 Å². The summed E-state index contributed by atoms with van der Waals surface area (Å²) < 4.78 is 5.60. The summed E-state index contributed by atoms with van der Waals surface area (Å²) >= 11 is 0. The van der Waals surface area contributed by atoms with Crippen LogP contribution in [0.5, 0.6) is 0 Å². The molecule has 0 aromatic carbocycles. The number of hydrogen-bond donors (Lipinski definition) is 0. The first-order chi connectivity index (χ1) is 11.6. The van der Waals surface area contributed by atoms with Crippen LogP contribution in [0.25, 0.3) is 6.08 Å². The van der Waals surface area contributed by atoms with E-state index in [1.165, 1.54) is 18.6 Å². The molecule has 0 N–H and O–H groups in total. The maximum Gasteiger partial charge on any atom is 0.359 e. The van der Waals surface area contributed by atoms with Crippen molar-refractivity contribution in [1.82, 2.24) is 19.4 Å². The lowest BCUT2D eigenvalue weighted by Crippen LogP contribution is -2.27. The zero-order chi connectivity index (χ0) is 19.1. The summed E-state index contributed by atoms with van der Waals surface area (Å²) in [6.45, 7) is 0.629. The molecule has 0 atom stereocenters. The molecule has 1 aromatic rings. The van der Waals surface area contributed by atoms with Crippen LogP contribution in [0.4, 0.5) is 11.6 Å². The van der Waals surface area contributed by atoms with E-state index in [1.807, 2.05) is 0 Å². The van der Waals surface area contributed by atoms with Crippen LogP contribution in [0.2, 0.25) is 0 Å². The Morgan fingerprint density at radius 1 is 1.36 bits per heavy atom. The van der Waals surface area contributed by atoms with Crippen LogP contribution in [-0.2, 0) is 16.3 Å². The van der Waals surface area contributed by atoms with E-state index in [1.54, 1.807) is 38.0 Å². The Labute approximate surface area is 144 Å². The van der Waals surface area contributed by atoms with Gasteiger partial charge in [0.15, 0.2) is 12.4 Å². The summed E-state index contributed by atoms with van der Waals surface area (Å²) in [6, 6.07) is 0. The molecule has 0 aliphatic carbocycles. The van der Waals surface area contributed by atoms with Crippen LogP contribution < -0.4 is 5.56 Å². The first-order valence-electron chi connectivity index (χ1n) is 7.11. The third-order valence-corrected chi connectivity index (χ3v) is 2.67. The van der Waals surface area contributed by atoms with E-state index in [0.29, 0.717) is 0 Å². The second kappa shape index (κ2) is 8.57. The third kappa shape index (κ3) is 5.71. The van der Waals surface area contributed by atoms with Gasteiger partial charge in [-0.2, -0.15) is 0 Å². The van der Waals surface area contributed by atoms with Crippen LogP contribution in [0.1, 0.15) is 12.6 Å². The molecule has 1 aromatic heterocycles. The maximum absolute atomic E-state index is 12.5. The molecule has 0 saturated carbocycles. The standard InChI is InChI=1S/C14H20N6O5/c1-10(21)25-9-19-13(22)12(20(23)24)11(6-7-17(2)3)16-14(19)15-8-18(4)5/h6-8H,9H2,1-5H3/b7-6+,15-8?. The van der Waals surface area contributed by atoms with E-state index >= 15 is 0 Å². The normalized spacial score (nSPS) is 11.1. The van der Waals surface area contributed by atoms with Crippen molar-refractivity contribution >= 4 is 30.0 Å². The number of nitrogens with zero attached hydrogens (tertiary/aromatic N) is 6. The van der Waals surface area contributed by atoms with Crippen molar-refractivity contribution < 1.29 is 14.5 Å². The lowest BCUT2D eigenvalue weighted by Gasteiger charge is -2.11. The van der Waals surface area contributed by atoms with Gasteiger partial charge in [0.25, 0.3) is 0 Å². The predicted molar refractivity (Wildman–Crippen MR) is 91.5 cm³/mol. The Morgan fingerprint density at radius 3 is 2.48 bits per heavy atom. The van der Waals surface area contributed by atoms with E-state index in [0.717, 1.165) is 11.5 Å². The van der Waals surface area contributed by atoms with Crippen molar-refractivity contribution in [1.29, 1.82) is 0 Å². The van der Waals surface area contributed by atoms with Gasteiger partial charge in [-0.3, -0.25) is 19.7 Å². The molecule has 0 radical (unpaired) electrons. The molecule has 0 aliphatic heterocycles. The van der Waals surface area contributed by atoms with E-state index in [-0.39, 0.29) is 11.6 Å². The van der Waals surface area contributed by atoms with Gasteiger partial charge < -0.3 is 14.5 Å². The predicted octanol–water partition coefficient (Wildman–Crippen LogP) is 0.426. The van der Waals surface area contributed by atoms with E-state index in [9.17, 15) is 19.7 Å². The molecule has 0 amide bonds. The zero-order valence-electron chi connectivity index (χ0n) is 14.7.